The Morgan fingerprint density at radius 1 is 1.10 bits per heavy atom. The van der Waals surface area contributed by atoms with Crippen LogP contribution in [0.3, 0.4) is 0 Å². The zero-order chi connectivity index (χ0) is 15.2. The topological polar surface area (TPSA) is 50.5 Å². The molecule has 0 amide bonds. The van der Waals surface area contributed by atoms with Crippen LogP contribution >= 0.6 is 0 Å². The molecule has 1 fully saturated rings. The highest BCUT2D eigenvalue weighted by Gasteiger charge is 2.37. The summed E-state index contributed by atoms with van der Waals surface area (Å²) in [6.45, 7) is 12.9. The lowest BCUT2D eigenvalue weighted by Crippen LogP contribution is -2.59. The van der Waals surface area contributed by atoms with Crippen LogP contribution in [0.15, 0.2) is 0 Å². The van der Waals surface area contributed by atoms with Crippen molar-refractivity contribution in [3.05, 3.63) is 0 Å². The molecule has 1 saturated heterocycles. The van der Waals surface area contributed by atoms with Gasteiger partial charge in [0.1, 0.15) is 0 Å². The van der Waals surface area contributed by atoms with Gasteiger partial charge in [-0.1, -0.05) is 0 Å². The Morgan fingerprint density at radius 2 is 1.65 bits per heavy atom. The van der Waals surface area contributed by atoms with Crippen molar-refractivity contribution in [3.63, 3.8) is 0 Å². The van der Waals surface area contributed by atoms with Crippen LogP contribution in [0.5, 0.6) is 0 Å². The lowest BCUT2D eigenvalue weighted by molar-refractivity contribution is -0.0238. The second-order valence-electron chi connectivity index (χ2n) is 7.59. The first-order chi connectivity index (χ1) is 9.24. The molecule has 1 heterocycles. The van der Waals surface area contributed by atoms with E-state index in [-0.39, 0.29) is 11.1 Å². The molecule has 0 atom stereocenters. The summed E-state index contributed by atoms with van der Waals surface area (Å²) in [6, 6.07) is 0. The van der Waals surface area contributed by atoms with Gasteiger partial charge in [-0.3, -0.25) is 0 Å². The number of hydrogen-bond donors (Lipinski definition) is 2. The summed E-state index contributed by atoms with van der Waals surface area (Å²) in [5.74, 6) is 0. The average molecular weight is 285 g/mol. The number of rotatable bonds is 8. The molecule has 3 N–H and O–H groups in total. The highest BCUT2D eigenvalue weighted by molar-refractivity contribution is 4.97. The average Bonchev–Trinajstić information content (AvgIpc) is 2.28. The van der Waals surface area contributed by atoms with Gasteiger partial charge < -0.3 is 20.7 Å². The largest absolute Gasteiger partial charge is 0.378 e. The number of ether oxygens (including phenoxy) is 1. The summed E-state index contributed by atoms with van der Waals surface area (Å²) in [7, 11) is 2.16. The van der Waals surface area contributed by atoms with Crippen LogP contribution in [-0.4, -0.2) is 55.4 Å². The Hall–Kier alpha value is -0.160. The van der Waals surface area contributed by atoms with Crippen LogP contribution in [0.1, 0.15) is 53.4 Å². The fraction of sp³-hybridized carbons (Fsp3) is 1.00. The molecule has 0 spiro atoms. The third-order valence-electron chi connectivity index (χ3n) is 3.93. The second kappa shape index (κ2) is 7.74. The number of piperidine rings is 1. The Kier molecular flexibility index (Phi) is 6.92. The predicted molar refractivity (Wildman–Crippen MR) is 86.1 cm³/mol. The molecule has 0 aromatic heterocycles. The number of nitrogens with zero attached hydrogens (tertiary/aromatic N) is 1. The monoisotopic (exact) mass is 285 g/mol. The Balaban J connectivity index is 2.21. The highest BCUT2D eigenvalue weighted by Crippen LogP contribution is 2.30. The highest BCUT2D eigenvalue weighted by atomic mass is 16.5. The molecular formula is C16H35N3O. The standard InChI is InChI=1S/C16H35N3O/c1-15(2)12-14(13-16(3,4)18-15)20-11-7-10-19(5)9-6-8-17/h14,18H,6-13,17H2,1-5H3. The van der Waals surface area contributed by atoms with Crippen molar-refractivity contribution in [1.29, 1.82) is 0 Å². The van der Waals surface area contributed by atoms with E-state index in [1.165, 1.54) is 0 Å². The molecular weight excluding hydrogens is 250 g/mol. The van der Waals surface area contributed by atoms with E-state index in [1.807, 2.05) is 0 Å². The molecule has 4 heteroatoms. The van der Waals surface area contributed by atoms with Crippen LogP contribution in [0.25, 0.3) is 0 Å². The smallest absolute Gasteiger partial charge is 0.0609 e. The summed E-state index contributed by atoms with van der Waals surface area (Å²) >= 11 is 0. The van der Waals surface area contributed by atoms with E-state index in [0.717, 1.165) is 51.9 Å². The van der Waals surface area contributed by atoms with Crippen molar-refractivity contribution in [2.24, 2.45) is 5.73 Å². The molecule has 0 aromatic carbocycles. The first kappa shape index (κ1) is 17.9. The van der Waals surface area contributed by atoms with E-state index in [4.69, 9.17) is 10.5 Å². The predicted octanol–water partition coefficient (Wildman–Crippen LogP) is 1.98. The minimum atomic E-state index is 0.171. The second-order valence-corrected chi connectivity index (χ2v) is 7.59. The van der Waals surface area contributed by atoms with E-state index in [9.17, 15) is 0 Å². The number of nitrogens with two attached hydrogens (primary N) is 1. The Labute approximate surface area is 125 Å². The molecule has 0 aliphatic carbocycles. The summed E-state index contributed by atoms with van der Waals surface area (Å²) in [5.41, 5.74) is 5.86. The molecule has 4 nitrogen and oxygen atoms in total. The molecule has 1 aliphatic rings. The van der Waals surface area contributed by atoms with Gasteiger partial charge in [-0.25, -0.2) is 0 Å². The van der Waals surface area contributed by atoms with Crippen LogP contribution < -0.4 is 11.1 Å². The van der Waals surface area contributed by atoms with Crippen molar-refractivity contribution in [2.45, 2.75) is 70.6 Å². The zero-order valence-corrected chi connectivity index (χ0v) is 14.2. The summed E-state index contributed by atoms with van der Waals surface area (Å²) in [4.78, 5) is 2.34. The van der Waals surface area contributed by atoms with Crippen LogP contribution in [0.4, 0.5) is 0 Å². The maximum Gasteiger partial charge on any atom is 0.0609 e. The van der Waals surface area contributed by atoms with Crippen molar-refractivity contribution < 1.29 is 4.74 Å². The fourth-order valence-corrected chi connectivity index (χ4v) is 3.40. The van der Waals surface area contributed by atoms with E-state index in [0.29, 0.717) is 6.10 Å². The molecule has 0 saturated carbocycles. The Morgan fingerprint density at radius 3 is 2.20 bits per heavy atom. The third-order valence-corrected chi connectivity index (χ3v) is 3.93. The van der Waals surface area contributed by atoms with Crippen molar-refractivity contribution in [3.8, 4) is 0 Å². The molecule has 120 valence electrons. The van der Waals surface area contributed by atoms with Gasteiger partial charge in [0.25, 0.3) is 0 Å². The molecule has 0 aromatic rings. The van der Waals surface area contributed by atoms with Crippen molar-refractivity contribution >= 4 is 0 Å². The normalized spacial score (nSPS) is 22.4. The van der Waals surface area contributed by atoms with Gasteiger partial charge in [0.2, 0.25) is 0 Å². The Bertz CT molecular complexity index is 263. The van der Waals surface area contributed by atoms with Gasteiger partial charge in [-0.15, -0.1) is 0 Å². The lowest BCUT2D eigenvalue weighted by atomic mass is 9.81. The lowest BCUT2D eigenvalue weighted by Gasteiger charge is -2.46. The van der Waals surface area contributed by atoms with Gasteiger partial charge >= 0.3 is 0 Å². The molecule has 1 rings (SSSR count). The van der Waals surface area contributed by atoms with Gasteiger partial charge in [0, 0.05) is 24.2 Å². The molecule has 1 aliphatic heterocycles. The van der Waals surface area contributed by atoms with Crippen LogP contribution in [0, 0.1) is 0 Å². The molecule has 0 unspecified atom stereocenters. The molecule has 0 radical (unpaired) electrons. The van der Waals surface area contributed by atoms with Crippen molar-refractivity contribution in [2.75, 3.05) is 33.3 Å². The van der Waals surface area contributed by atoms with Gasteiger partial charge in [0.05, 0.1) is 6.10 Å². The maximum atomic E-state index is 6.12. The summed E-state index contributed by atoms with van der Waals surface area (Å²) < 4.78 is 6.12. The van der Waals surface area contributed by atoms with Crippen LogP contribution in [-0.2, 0) is 4.74 Å². The maximum absolute atomic E-state index is 6.12. The first-order valence-electron chi connectivity index (χ1n) is 8.04. The quantitative estimate of drug-likeness (QED) is 0.670. The zero-order valence-electron chi connectivity index (χ0n) is 14.2. The molecule has 20 heavy (non-hydrogen) atoms. The van der Waals surface area contributed by atoms with Crippen LogP contribution in [0.2, 0.25) is 0 Å². The van der Waals surface area contributed by atoms with E-state index in [1.54, 1.807) is 0 Å². The third kappa shape index (κ3) is 7.02. The fourth-order valence-electron chi connectivity index (χ4n) is 3.40. The minimum absolute atomic E-state index is 0.171. The number of nitrogens with one attached hydrogen (secondary N) is 1. The number of hydrogen-bond acceptors (Lipinski definition) is 4. The van der Waals surface area contributed by atoms with Crippen molar-refractivity contribution in [1.82, 2.24) is 10.2 Å². The van der Waals surface area contributed by atoms with E-state index < -0.39 is 0 Å². The SMILES string of the molecule is CN(CCCN)CCCOC1CC(C)(C)NC(C)(C)C1. The van der Waals surface area contributed by atoms with Gasteiger partial charge in [-0.2, -0.15) is 0 Å². The minimum Gasteiger partial charge on any atom is -0.378 e. The van der Waals surface area contributed by atoms with Gasteiger partial charge in [0.15, 0.2) is 0 Å². The van der Waals surface area contributed by atoms with Gasteiger partial charge in [-0.05, 0) is 73.5 Å². The molecule has 0 bridgehead atoms. The van der Waals surface area contributed by atoms with E-state index >= 15 is 0 Å². The first-order valence-corrected chi connectivity index (χ1v) is 8.04. The summed E-state index contributed by atoms with van der Waals surface area (Å²) in [6.07, 6.45) is 4.76. The van der Waals surface area contributed by atoms with E-state index in [2.05, 4.69) is 45.0 Å². The summed E-state index contributed by atoms with van der Waals surface area (Å²) in [5, 5.41) is 3.69.